The number of rotatable bonds is 5. The zero-order chi connectivity index (χ0) is 13.7. The van der Waals surface area contributed by atoms with Gasteiger partial charge >= 0.3 is 5.97 Å². The van der Waals surface area contributed by atoms with Crippen LogP contribution in [0.4, 0.5) is 10.1 Å². The van der Waals surface area contributed by atoms with E-state index in [1.807, 2.05) is 0 Å². The van der Waals surface area contributed by atoms with Gasteiger partial charge < -0.3 is 9.84 Å². The van der Waals surface area contributed by atoms with Gasteiger partial charge in [0.1, 0.15) is 6.10 Å². The molecule has 1 rings (SSSR count). The summed E-state index contributed by atoms with van der Waals surface area (Å²) in [5.74, 6) is -1.20. The van der Waals surface area contributed by atoms with Crippen molar-refractivity contribution in [1.29, 1.82) is 0 Å². The van der Waals surface area contributed by atoms with Crippen molar-refractivity contribution in [3.05, 3.63) is 39.9 Å². The molecule has 1 N–H and O–H groups in total. The lowest BCUT2D eigenvalue weighted by Gasteiger charge is -2.14. The van der Waals surface area contributed by atoms with E-state index in [-0.39, 0.29) is 17.9 Å². The number of ether oxygens (including phenoxy) is 1. The van der Waals surface area contributed by atoms with Crippen molar-refractivity contribution in [2.75, 3.05) is 6.61 Å². The number of aliphatic hydroxyl groups excluding tert-OH is 1. The van der Waals surface area contributed by atoms with Crippen molar-refractivity contribution in [3.8, 4) is 0 Å². The number of aliphatic hydroxyl groups is 1. The molecular formula is C11H12FNO5. The number of halogens is 1. The fourth-order valence-corrected chi connectivity index (χ4v) is 1.34. The van der Waals surface area contributed by atoms with E-state index in [0.717, 1.165) is 6.07 Å². The molecule has 0 aliphatic rings. The third-order valence-corrected chi connectivity index (χ3v) is 2.21. The van der Waals surface area contributed by atoms with Gasteiger partial charge in [0.2, 0.25) is 6.17 Å². The number of nitro groups is 1. The average molecular weight is 257 g/mol. The molecule has 0 radical (unpaired) electrons. The molecule has 2 unspecified atom stereocenters. The van der Waals surface area contributed by atoms with Gasteiger partial charge in [-0.25, -0.2) is 9.18 Å². The minimum atomic E-state index is -2.27. The van der Waals surface area contributed by atoms with Crippen LogP contribution in [0, 0.1) is 10.1 Å². The van der Waals surface area contributed by atoms with Crippen molar-refractivity contribution in [1.82, 2.24) is 0 Å². The lowest BCUT2D eigenvalue weighted by Crippen LogP contribution is -2.26. The highest BCUT2D eigenvalue weighted by Gasteiger charge is 2.29. The van der Waals surface area contributed by atoms with E-state index in [1.165, 1.54) is 25.1 Å². The van der Waals surface area contributed by atoms with E-state index in [9.17, 15) is 24.4 Å². The molecule has 2 atom stereocenters. The molecule has 0 saturated heterocycles. The van der Waals surface area contributed by atoms with E-state index < -0.39 is 23.2 Å². The maximum atomic E-state index is 13.5. The summed E-state index contributed by atoms with van der Waals surface area (Å²) >= 11 is 0. The van der Waals surface area contributed by atoms with E-state index in [4.69, 9.17) is 0 Å². The number of benzene rings is 1. The summed E-state index contributed by atoms with van der Waals surface area (Å²) in [5, 5.41) is 20.1. The first-order chi connectivity index (χ1) is 8.47. The summed E-state index contributed by atoms with van der Waals surface area (Å²) in [7, 11) is 0. The molecule has 0 bridgehead atoms. The lowest BCUT2D eigenvalue weighted by molar-refractivity contribution is -0.385. The van der Waals surface area contributed by atoms with Gasteiger partial charge in [0.25, 0.3) is 5.69 Å². The van der Waals surface area contributed by atoms with Gasteiger partial charge in [-0.1, -0.05) is 12.1 Å². The van der Waals surface area contributed by atoms with Crippen molar-refractivity contribution in [2.45, 2.75) is 19.2 Å². The van der Waals surface area contributed by atoms with E-state index in [2.05, 4.69) is 4.74 Å². The molecule has 0 spiro atoms. The number of hydrogen-bond donors (Lipinski definition) is 1. The maximum absolute atomic E-state index is 13.5. The molecule has 0 aromatic heterocycles. The standard InChI is InChI=1S/C11H12FNO5/c1-2-18-11(15)9(12)10(14)7-4-3-5-8(6-7)13(16)17/h3-6,9-10,14H,2H2,1H3. The normalized spacial score (nSPS) is 13.7. The van der Waals surface area contributed by atoms with Gasteiger partial charge in [-0.3, -0.25) is 10.1 Å². The van der Waals surface area contributed by atoms with Crippen LogP contribution in [0.1, 0.15) is 18.6 Å². The van der Waals surface area contributed by atoms with E-state index in [0.29, 0.717) is 0 Å². The van der Waals surface area contributed by atoms with Gasteiger partial charge in [0.05, 0.1) is 11.5 Å². The zero-order valence-electron chi connectivity index (χ0n) is 9.58. The van der Waals surface area contributed by atoms with Gasteiger partial charge in [0.15, 0.2) is 0 Å². The number of carbonyl (C=O) groups excluding carboxylic acids is 1. The minimum absolute atomic E-state index is 0.0130. The van der Waals surface area contributed by atoms with Crippen LogP contribution in [-0.4, -0.2) is 28.8 Å². The monoisotopic (exact) mass is 257 g/mol. The summed E-state index contributed by atoms with van der Waals surface area (Å²) in [4.78, 5) is 20.9. The predicted molar refractivity (Wildman–Crippen MR) is 59.6 cm³/mol. The minimum Gasteiger partial charge on any atom is -0.464 e. The summed E-state index contributed by atoms with van der Waals surface area (Å²) < 4.78 is 17.9. The van der Waals surface area contributed by atoms with Crippen LogP contribution >= 0.6 is 0 Å². The molecule has 0 heterocycles. The van der Waals surface area contributed by atoms with Crippen LogP contribution < -0.4 is 0 Å². The molecule has 0 fully saturated rings. The summed E-state index contributed by atoms with van der Waals surface area (Å²) in [6, 6.07) is 4.81. The third-order valence-electron chi connectivity index (χ3n) is 2.21. The highest BCUT2D eigenvalue weighted by molar-refractivity contribution is 5.75. The van der Waals surface area contributed by atoms with E-state index >= 15 is 0 Å². The summed E-state index contributed by atoms with van der Waals surface area (Å²) in [5.41, 5.74) is -0.340. The van der Waals surface area contributed by atoms with Crippen LogP contribution in [-0.2, 0) is 9.53 Å². The largest absolute Gasteiger partial charge is 0.464 e. The molecule has 1 aromatic carbocycles. The van der Waals surface area contributed by atoms with Crippen molar-refractivity contribution in [2.24, 2.45) is 0 Å². The molecule has 98 valence electrons. The molecular weight excluding hydrogens is 245 g/mol. The second-order valence-electron chi connectivity index (χ2n) is 3.45. The third kappa shape index (κ3) is 3.24. The van der Waals surface area contributed by atoms with Crippen LogP contribution in [0.25, 0.3) is 0 Å². The Kier molecular flexibility index (Phi) is 4.73. The number of nitro benzene ring substituents is 1. The second kappa shape index (κ2) is 6.06. The summed E-state index contributed by atoms with van der Waals surface area (Å²) in [6.07, 6.45) is -4.06. The highest BCUT2D eigenvalue weighted by atomic mass is 19.1. The number of carbonyl (C=O) groups is 1. The molecule has 0 aliphatic heterocycles. The topological polar surface area (TPSA) is 89.7 Å². The van der Waals surface area contributed by atoms with Gasteiger partial charge in [0, 0.05) is 12.1 Å². The Morgan fingerprint density at radius 2 is 2.28 bits per heavy atom. The Morgan fingerprint density at radius 1 is 1.61 bits per heavy atom. The Hall–Kier alpha value is -2.02. The Labute approximate surface area is 102 Å². The summed E-state index contributed by atoms with van der Waals surface area (Å²) in [6.45, 7) is 1.49. The quantitative estimate of drug-likeness (QED) is 0.490. The number of nitrogens with zero attached hydrogens (tertiary/aromatic N) is 1. The van der Waals surface area contributed by atoms with Gasteiger partial charge in [-0.05, 0) is 12.5 Å². The maximum Gasteiger partial charge on any atom is 0.343 e. The average Bonchev–Trinajstić information content (AvgIpc) is 2.37. The van der Waals surface area contributed by atoms with Crippen molar-refractivity contribution >= 4 is 11.7 Å². The predicted octanol–water partition coefficient (Wildman–Crippen LogP) is 1.53. The molecule has 1 aromatic rings. The molecule has 0 saturated carbocycles. The number of esters is 1. The Morgan fingerprint density at radius 3 is 2.83 bits per heavy atom. The van der Waals surface area contributed by atoms with Crippen LogP contribution in [0.15, 0.2) is 24.3 Å². The first kappa shape index (κ1) is 14.0. The zero-order valence-corrected chi connectivity index (χ0v) is 9.58. The number of alkyl halides is 1. The first-order valence-electron chi connectivity index (χ1n) is 5.20. The first-order valence-corrected chi connectivity index (χ1v) is 5.20. The molecule has 0 aliphatic carbocycles. The number of non-ortho nitro benzene ring substituents is 1. The fourth-order valence-electron chi connectivity index (χ4n) is 1.34. The van der Waals surface area contributed by atoms with Gasteiger partial charge in [-0.2, -0.15) is 0 Å². The lowest BCUT2D eigenvalue weighted by atomic mass is 10.0. The van der Waals surface area contributed by atoms with Crippen molar-refractivity contribution < 1.29 is 24.0 Å². The molecule has 18 heavy (non-hydrogen) atoms. The van der Waals surface area contributed by atoms with Crippen LogP contribution in [0.3, 0.4) is 0 Å². The highest BCUT2D eigenvalue weighted by Crippen LogP contribution is 2.23. The smallest absolute Gasteiger partial charge is 0.343 e. The molecule has 0 amide bonds. The van der Waals surface area contributed by atoms with Crippen molar-refractivity contribution in [3.63, 3.8) is 0 Å². The number of hydrogen-bond acceptors (Lipinski definition) is 5. The molecule has 7 heteroatoms. The Bertz CT molecular complexity index is 451. The van der Waals surface area contributed by atoms with Gasteiger partial charge in [-0.15, -0.1) is 0 Å². The van der Waals surface area contributed by atoms with Crippen LogP contribution in [0.5, 0.6) is 0 Å². The van der Waals surface area contributed by atoms with E-state index in [1.54, 1.807) is 0 Å². The second-order valence-corrected chi connectivity index (χ2v) is 3.45. The molecule has 6 nitrogen and oxygen atoms in total. The van der Waals surface area contributed by atoms with Crippen LogP contribution in [0.2, 0.25) is 0 Å². The fraction of sp³-hybridized carbons (Fsp3) is 0.364. The Balaban J connectivity index is 2.89. The SMILES string of the molecule is CCOC(=O)C(F)C(O)c1cccc([N+](=O)[O-])c1.